The van der Waals surface area contributed by atoms with Crippen LogP contribution in [0.25, 0.3) is 11.0 Å². The maximum absolute atomic E-state index is 12.3. The van der Waals surface area contributed by atoms with Gasteiger partial charge in [-0.3, -0.25) is 14.8 Å². The number of carbonyl (C=O) groups is 1. The number of amides is 1. The molecule has 2 aromatic heterocycles. The molecule has 0 radical (unpaired) electrons. The molecule has 126 valence electrons. The van der Waals surface area contributed by atoms with Gasteiger partial charge < -0.3 is 10.2 Å². The number of rotatable bonds is 4. The minimum absolute atomic E-state index is 0.0823. The molecular weight excluding hydrogens is 316 g/mol. The fourth-order valence-corrected chi connectivity index (χ4v) is 2.89. The summed E-state index contributed by atoms with van der Waals surface area (Å²) in [5, 5.41) is 11.3. The van der Waals surface area contributed by atoms with E-state index in [-0.39, 0.29) is 5.91 Å². The molecule has 4 rings (SSSR count). The molecule has 1 fully saturated rings. The molecule has 0 aliphatic carbocycles. The highest BCUT2D eigenvalue weighted by Crippen LogP contribution is 2.21. The first-order chi connectivity index (χ1) is 12.2. The van der Waals surface area contributed by atoms with Crippen molar-refractivity contribution in [3.63, 3.8) is 0 Å². The lowest BCUT2D eigenvalue weighted by molar-refractivity contribution is 0.0944. The molecule has 0 bridgehead atoms. The van der Waals surface area contributed by atoms with E-state index in [0.717, 1.165) is 35.6 Å². The summed E-state index contributed by atoms with van der Waals surface area (Å²) in [4.78, 5) is 22.9. The molecule has 1 aromatic carbocycles. The first-order valence-corrected chi connectivity index (χ1v) is 8.23. The third-order valence-corrected chi connectivity index (χ3v) is 4.35. The highest BCUT2D eigenvalue weighted by Gasteiger charge is 2.28. The second-order valence-electron chi connectivity index (χ2n) is 6.27. The highest BCUT2D eigenvalue weighted by molar-refractivity contribution is 5.97. The molecule has 0 unspecified atom stereocenters. The van der Waals surface area contributed by atoms with Crippen LogP contribution in [0.3, 0.4) is 0 Å². The third kappa shape index (κ3) is 3.26. The first kappa shape index (κ1) is 15.4. The number of nitrogens with one attached hydrogen (secondary N) is 1. The van der Waals surface area contributed by atoms with Crippen molar-refractivity contribution in [2.75, 3.05) is 24.5 Å². The number of nitrogens with zero attached hydrogens (tertiary/aromatic N) is 5. The number of aryl methyl sites for hydroxylation is 1. The van der Waals surface area contributed by atoms with Gasteiger partial charge in [0.1, 0.15) is 0 Å². The second-order valence-corrected chi connectivity index (χ2v) is 6.27. The van der Waals surface area contributed by atoms with Crippen molar-refractivity contribution in [1.82, 2.24) is 25.5 Å². The molecule has 0 spiro atoms. The molecule has 1 aliphatic rings. The smallest absolute Gasteiger partial charge is 0.251 e. The Morgan fingerprint density at radius 2 is 1.92 bits per heavy atom. The van der Waals surface area contributed by atoms with Crippen molar-refractivity contribution in [3.05, 3.63) is 54.0 Å². The molecule has 3 aromatic rings. The van der Waals surface area contributed by atoms with Crippen LogP contribution in [0.1, 0.15) is 16.1 Å². The number of benzene rings is 1. The van der Waals surface area contributed by atoms with Crippen molar-refractivity contribution in [1.29, 1.82) is 0 Å². The van der Waals surface area contributed by atoms with Gasteiger partial charge in [0.2, 0.25) is 0 Å². The van der Waals surface area contributed by atoms with Crippen LogP contribution in [-0.2, 0) is 0 Å². The SMILES string of the molecule is Cc1ccc(N2CC(CNC(=O)c3ccc4nccnc4c3)C2)nn1. The van der Waals surface area contributed by atoms with Crippen LogP contribution in [0.4, 0.5) is 5.82 Å². The minimum Gasteiger partial charge on any atom is -0.354 e. The van der Waals surface area contributed by atoms with Gasteiger partial charge in [-0.15, -0.1) is 5.10 Å². The van der Waals surface area contributed by atoms with Gasteiger partial charge >= 0.3 is 0 Å². The van der Waals surface area contributed by atoms with Crippen LogP contribution >= 0.6 is 0 Å². The summed E-state index contributed by atoms with van der Waals surface area (Å²) < 4.78 is 0. The van der Waals surface area contributed by atoms with Crippen molar-refractivity contribution in [2.45, 2.75) is 6.92 Å². The monoisotopic (exact) mass is 334 g/mol. The van der Waals surface area contributed by atoms with Crippen LogP contribution in [-0.4, -0.2) is 45.7 Å². The van der Waals surface area contributed by atoms with E-state index in [2.05, 4.69) is 30.4 Å². The number of aromatic nitrogens is 4. The Bertz CT molecular complexity index is 905. The van der Waals surface area contributed by atoms with E-state index < -0.39 is 0 Å². The maximum Gasteiger partial charge on any atom is 0.251 e. The van der Waals surface area contributed by atoms with E-state index >= 15 is 0 Å². The van der Waals surface area contributed by atoms with Gasteiger partial charge in [0.05, 0.1) is 16.7 Å². The van der Waals surface area contributed by atoms with Gasteiger partial charge in [0, 0.05) is 43.5 Å². The maximum atomic E-state index is 12.3. The zero-order valence-corrected chi connectivity index (χ0v) is 13.9. The Morgan fingerprint density at radius 3 is 2.68 bits per heavy atom. The van der Waals surface area contributed by atoms with Gasteiger partial charge in [-0.05, 0) is 37.3 Å². The fourth-order valence-electron chi connectivity index (χ4n) is 2.89. The normalized spacial score (nSPS) is 14.4. The number of fused-ring (bicyclic) bond motifs is 1. The predicted molar refractivity (Wildman–Crippen MR) is 94.3 cm³/mol. The highest BCUT2D eigenvalue weighted by atomic mass is 16.1. The average molecular weight is 334 g/mol. The number of hydrogen-bond acceptors (Lipinski definition) is 6. The predicted octanol–water partition coefficient (Wildman–Crippen LogP) is 1.59. The average Bonchev–Trinajstić information content (AvgIpc) is 2.61. The number of hydrogen-bond donors (Lipinski definition) is 1. The largest absolute Gasteiger partial charge is 0.354 e. The molecule has 7 heteroatoms. The molecule has 3 heterocycles. The first-order valence-electron chi connectivity index (χ1n) is 8.23. The minimum atomic E-state index is -0.0823. The lowest BCUT2D eigenvalue weighted by Crippen LogP contribution is -2.51. The van der Waals surface area contributed by atoms with Gasteiger partial charge in [-0.25, -0.2) is 0 Å². The molecule has 1 amide bonds. The molecule has 1 saturated heterocycles. The summed E-state index contributed by atoms with van der Waals surface area (Å²) in [6.45, 7) is 4.32. The van der Waals surface area contributed by atoms with E-state index in [9.17, 15) is 4.79 Å². The van der Waals surface area contributed by atoms with Crippen LogP contribution in [0.2, 0.25) is 0 Å². The van der Waals surface area contributed by atoms with Crippen LogP contribution in [0.15, 0.2) is 42.7 Å². The van der Waals surface area contributed by atoms with E-state index in [1.54, 1.807) is 24.5 Å². The third-order valence-electron chi connectivity index (χ3n) is 4.35. The Balaban J connectivity index is 1.31. The van der Waals surface area contributed by atoms with Crippen LogP contribution < -0.4 is 10.2 Å². The van der Waals surface area contributed by atoms with Crippen LogP contribution in [0.5, 0.6) is 0 Å². The summed E-state index contributed by atoms with van der Waals surface area (Å²) in [5.74, 6) is 1.23. The standard InChI is InChI=1S/C18H18N6O/c1-12-2-5-17(23-22-12)24-10-13(11-24)9-21-18(25)14-3-4-15-16(8-14)20-7-6-19-15/h2-8,13H,9-11H2,1H3,(H,21,25). The molecule has 1 aliphatic heterocycles. The van der Waals surface area contributed by atoms with Gasteiger partial charge in [0.15, 0.2) is 5.82 Å². The van der Waals surface area contributed by atoms with Gasteiger partial charge in [-0.1, -0.05) is 0 Å². The Hall–Kier alpha value is -3.09. The molecule has 0 saturated carbocycles. The Labute approximate surface area is 145 Å². The molecule has 7 nitrogen and oxygen atoms in total. The van der Waals surface area contributed by atoms with Gasteiger partial charge in [-0.2, -0.15) is 5.10 Å². The summed E-state index contributed by atoms with van der Waals surface area (Å²) in [6, 6.07) is 9.31. The van der Waals surface area contributed by atoms with Crippen molar-refractivity contribution in [2.24, 2.45) is 5.92 Å². The zero-order valence-electron chi connectivity index (χ0n) is 13.9. The molecular formula is C18H18N6O. The van der Waals surface area contributed by atoms with E-state index in [1.807, 2.05) is 25.1 Å². The molecule has 1 N–H and O–H groups in total. The van der Waals surface area contributed by atoms with Crippen molar-refractivity contribution >= 4 is 22.8 Å². The fraction of sp³-hybridized carbons (Fsp3) is 0.278. The summed E-state index contributed by atoms with van der Waals surface area (Å²) in [5.41, 5.74) is 3.03. The van der Waals surface area contributed by atoms with E-state index in [0.29, 0.717) is 18.0 Å². The zero-order chi connectivity index (χ0) is 17.2. The summed E-state index contributed by atoms with van der Waals surface area (Å²) >= 11 is 0. The summed E-state index contributed by atoms with van der Waals surface area (Å²) in [7, 11) is 0. The number of anilines is 1. The van der Waals surface area contributed by atoms with E-state index in [1.165, 1.54) is 0 Å². The van der Waals surface area contributed by atoms with Crippen LogP contribution in [0, 0.1) is 12.8 Å². The Kier molecular flexibility index (Phi) is 3.97. The molecule has 25 heavy (non-hydrogen) atoms. The lowest BCUT2D eigenvalue weighted by atomic mass is 10.00. The summed E-state index contributed by atoms with van der Waals surface area (Å²) in [6.07, 6.45) is 3.27. The van der Waals surface area contributed by atoms with Crippen molar-refractivity contribution in [3.8, 4) is 0 Å². The second kappa shape index (κ2) is 6.43. The topological polar surface area (TPSA) is 83.9 Å². The van der Waals surface area contributed by atoms with Crippen molar-refractivity contribution < 1.29 is 4.79 Å². The van der Waals surface area contributed by atoms with Gasteiger partial charge in [0.25, 0.3) is 5.91 Å². The molecule has 0 atom stereocenters. The van der Waals surface area contributed by atoms with E-state index in [4.69, 9.17) is 0 Å². The number of carbonyl (C=O) groups excluding carboxylic acids is 1. The lowest BCUT2D eigenvalue weighted by Gasteiger charge is -2.39. The Morgan fingerprint density at radius 1 is 1.12 bits per heavy atom. The quantitative estimate of drug-likeness (QED) is 0.780.